The summed E-state index contributed by atoms with van der Waals surface area (Å²) < 4.78 is 41.8. The molecule has 3 aromatic rings. The lowest BCUT2D eigenvalue weighted by Gasteiger charge is -2.35. The lowest BCUT2D eigenvalue weighted by Crippen LogP contribution is -2.45. The molecule has 0 bridgehead atoms. The van der Waals surface area contributed by atoms with Gasteiger partial charge in [-0.2, -0.15) is 13.2 Å². The van der Waals surface area contributed by atoms with Gasteiger partial charge < -0.3 is 5.32 Å². The molecule has 0 aromatic heterocycles. The van der Waals surface area contributed by atoms with Crippen LogP contribution in [0.4, 0.5) is 24.5 Å². The van der Waals surface area contributed by atoms with Crippen molar-refractivity contribution in [2.75, 3.05) is 10.2 Å². The molecule has 1 amide bonds. The Morgan fingerprint density at radius 3 is 2.33 bits per heavy atom. The van der Waals surface area contributed by atoms with E-state index >= 15 is 0 Å². The number of ketones is 1. The Morgan fingerprint density at radius 1 is 0.972 bits per heavy atom. The first-order valence-corrected chi connectivity index (χ1v) is 11.9. The molecule has 3 aromatic carbocycles. The Balaban J connectivity index is 1.74. The Morgan fingerprint density at radius 2 is 1.64 bits per heavy atom. The molecule has 1 aliphatic carbocycles. The SMILES string of the molecule is Cc1ccc([C@@H]2CC(=O)C3=C(C2)Nc2ccccc2N(C(=O)C(F)(F)F)[C@@H]3c2ccccc2Cl)cc1. The van der Waals surface area contributed by atoms with E-state index in [0.717, 1.165) is 11.1 Å². The van der Waals surface area contributed by atoms with Crippen LogP contribution in [0.25, 0.3) is 0 Å². The Hall–Kier alpha value is -3.58. The number of halogens is 4. The number of carbonyl (C=O) groups excluding carboxylic acids is 2. The summed E-state index contributed by atoms with van der Waals surface area (Å²) >= 11 is 6.47. The summed E-state index contributed by atoms with van der Waals surface area (Å²) in [6, 6.07) is 19.2. The van der Waals surface area contributed by atoms with Crippen molar-refractivity contribution >= 4 is 34.7 Å². The molecule has 1 aliphatic heterocycles. The zero-order valence-electron chi connectivity index (χ0n) is 19.3. The molecular weight excluding hydrogens is 489 g/mol. The van der Waals surface area contributed by atoms with Gasteiger partial charge in [0.25, 0.3) is 0 Å². The third-order valence-corrected chi connectivity index (χ3v) is 7.04. The maximum Gasteiger partial charge on any atom is 0.471 e. The quantitative estimate of drug-likeness (QED) is 0.399. The molecule has 0 fully saturated rings. The van der Waals surface area contributed by atoms with Crippen LogP contribution in [0.3, 0.4) is 0 Å². The number of anilines is 2. The number of carbonyl (C=O) groups is 2. The number of benzene rings is 3. The van der Waals surface area contributed by atoms with Crippen molar-refractivity contribution in [1.29, 1.82) is 0 Å². The number of hydrogen-bond donors (Lipinski definition) is 1. The molecule has 2 atom stereocenters. The molecule has 4 nitrogen and oxygen atoms in total. The van der Waals surface area contributed by atoms with Gasteiger partial charge in [0, 0.05) is 22.7 Å². The summed E-state index contributed by atoms with van der Waals surface area (Å²) in [4.78, 5) is 27.3. The third kappa shape index (κ3) is 4.28. The summed E-state index contributed by atoms with van der Waals surface area (Å²) in [5.74, 6) is -2.55. The lowest BCUT2D eigenvalue weighted by atomic mass is 9.78. The molecule has 1 heterocycles. The number of aryl methyl sites for hydroxylation is 1. The molecule has 8 heteroatoms. The molecule has 36 heavy (non-hydrogen) atoms. The van der Waals surface area contributed by atoms with Crippen LogP contribution < -0.4 is 10.2 Å². The highest BCUT2D eigenvalue weighted by atomic mass is 35.5. The van der Waals surface area contributed by atoms with Gasteiger partial charge in [-0.1, -0.05) is 71.8 Å². The largest absolute Gasteiger partial charge is 0.471 e. The van der Waals surface area contributed by atoms with Gasteiger partial charge >= 0.3 is 12.1 Å². The molecule has 0 spiro atoms. The van der Waals surface area contributed by atoms with Crippen LogP contribution in [-0.4, -0.2) is 17.9 Å². The highest BCUT2D eigenvalue weighted by Gasteiger charge is 2.50. The number of rotatable bonds is 2. The number of nitrogens with one attached hydrogen (secondary N) is 1. The van der Waals surface area contributed by atoms with E-state index in [9.17, 15) is 22.8 Å². The van der Waals surface area contributed by atoms with E-state index in [0.29, 0.717) is 22.7 Å². The second kappa shape index (κ2) is 9.13. The number of nitrogens with zero attached hydrogens (tertiary/aromatic N) is 1. The number of amides is 1. The topological polar surface area (TPSA) is 49.4 Å². The van der Waals surface area contributed by atoms with Crippen molar-refractivity contribution in [2.24, 2.45) is 0 Å². The van der Waals surface area contributed by atoms with Gasteiger partial charge in [0.15, 0.2) is 5.78 Å². The van der Waals surface area contributed by atoms with Gasteiger partial charge in [0.05, 0.1) is 17.4 Å². The monoisotopic (exact) mass is 510 g/mol. The van der Waals surface area contributed by atoms with Crippen LogP contribution in [0.5, 0.6) is 0 Å². The maximum atomic E-state index is 13.9. The normalized spacial score (nSPS) is 19.8. The highest BCUT2D eigenvalue weighted by molar-refractivity contribution is 6.31. The first-order valence-electron chi connectivity index (χ1n) is 11.5. The van der Waals surface area contributed by atoms with Crippen molar-refractivity contribution in [1.82, 2.24) is 0 Å². The van der Waals surface area contributed by atoms with Gasteiger partial charge in [-0.05, 0) is 48.6 Å². The molecule has 1 N–H and O–H groups in total. The number of hydrogen-bond acceptors (Lipinski definition) is 3. The predicted octanol–water partition coefficient (Wildman–Crippen LogP) is 7.11. The van der Waals surface area contributed by atoms with E-state index in [1.54, 1.807) is 42.5 Å². The average Bonchev–Trinajstić information content (AvgIpc) is 2.98. The van der Waals surface area contributed by atoms with Crippen LogP contribution in [0.2, 0.25) is 5.02 Å². The molecule has 0 saturated heterocycles. The minimum absolute atomic E-state index is 0.0267. The minimum Gasteiger partial charge on any atom is -0.357 e. The Kier molecular flexibility index (Phi) is 6.12. The third-order valence-electron chi connectivity index (χ3n) is 6.70. The fraction of sp³-hybridized carbons (Fsp3) is 0.214. The van der Waals surface area contributed by atoms with Crippen molar-refractivity contribution in [2.45, 2.75) is 37.9 Å². The van der Waals surface area contributed by atoms with Crippen LogP contribution in [0.15, 0.2) is 84.1 Å². The fourth-order valence-electron chi connectivity index (χ4n) is 5.02. The van der Waals surface area contributed by atoms with Gasteiger partial charge in [-0.25, -0.2) is 0 Å². The number of alkyl halides is 3. The molecule has 0 radical (unpaired) electrons. The second-order valence-corrected chi connectivity index (χ2v) is 9.48. The standard InChI is InChI=1S/C28H22ClF3N2O2/c1-16-10-12-17(13-11-16)18-14-22-25(24(35)15-18)26(19-6-2-3-7-20(19)29)34(27(36)28(30,31)32)23-9-5-4-8-21(23)33-22/h2-13,18,26,33H,14-15H2,1H3/t18-,26+/m0/s1. The van der Waals surface area contributed by atoms with E-state index in [1.807, 2.05) is 31.2 Å². The van der Waals surface area contributed by atoms with Crippen LogP contribution >= 0.6 is 11.6 Å². The zero-order valence-corrected chi connectivity index (χ0v) is 20.0. The number of allylic oxidation sites excluding steroid dienone is 1. The molecule has 0 unspecified atom stereocenters. The summed E-state index contributed by atoms with van der Waals surface area (Å²) in [5, 5.41) is 3.38. The first-order chi connectivity index (χ1) is 17.1. The maximum absolute atomic E-state index is 13.9. The molecule has 184 valence electrons. The molecule has 5 rings (SSSR count). The fourth-order valence-corrected chi connectivity index (χ4v) is 5.25. The Labute approximate surface area is 211 Å². The summed E-state index contributed by atoms with van der Waals surface area (Å²) in [6.07, 6.45) is -4.66. The predicted molar refractivity (Wildman–Crippen MR) is 133 cm³/mol. The van der Waals surface area contributed by atoms with Crippen molar-refractivity contribution in [3.63, 3.8) is 0 Å². The molecule has 0 saturated carbocycles. The van der Waals surface area contributed by atoms with E-state index in [4.69, 9.17) is 11.6 Å². The summed E-state index contributed by atoms with van der Waals surface area (Å²) in [5.41, 5.74) is 3.27. The van der Waals surface area contributed by atoms with Gasteiger partial charge in [-0.3, -0.25) is 14.5 Å². The number of para-hydroxylation sites is 2. The van der Waals surface area contributed by atoms with Crippen LogP contribution in [0.1, 0.15) is 41.5 Å². The van der Waals surface area contributed by atoms with Gasteiger partial charge in [0.1, 0.15) is 0 Å². The van der Waals surface area contributed by atoms with E-state index in [1.165, 1.54) is 6.07 Å². The van der Waals surface area contributed by atoms with E-state index in [2.05, 4.69) is 5.32 Å². The van der Waals surface area contributed by atoms with Crippen molar-refractivity contribution in [3.8, 4) is 0 Å². The van der Waals surface area contributed by atoms with E-state index in [-0.39, 0.29) is 40.0 Å². The van der Waals surface area contributed by atoms with Crippen molar-refractivity contribution in [3.05, 3.63) is 106 Å². The van der Waals surface area contributed by atoms with Gasteiger partial charge in [0.2, 0.25) is 0 Å². The number of Topliss-reactive ketones (excluding diaryl/α,β-unsaturated/α-hetero) is 1. The Bertz CT molecular complexity index is 1380. The summed E-state index contributed by atoms with van der Waals surface area (Å²) in [6.45, 7) is 1.97. The molecule has 2 aliphatic rings. The van der Waals surface area contributed by atoms with E-state index < -0.39 is 18.1 Å². The van der Waals surface area contributed by atoms with Crippen LogP contribution in [-0.2, 0) is 9.59 Å². The number of fused-ring (bicyclic) bond motifs is 1. The lowest BCUT2D eigenvalue weighted by molar-refractivity contribution is -0.170. The van der Waals surface area contributed by atoms with Gasteiger partial charge in [-0.15, -0.1) is 0 Å². The molecular formula is C28H22ClF3N2O2. The van der Waals surface area contributed by atoms with Crippen molar-refractivity contribution < 1.29 is 22.8 Å². The minimum atomic E-state index is -5.17. The highest BCUT2D eigenvalue weighted by Crippen LogP contribution is 2.49. The average molecular weight is 511 g/mol. The smallest absolute Gasteiger partial charge is 0.357 e. The first kappa shape index (κ1) is 24.1. The summed E-state index contributed by atoms with van der Waals surface area (Å²) in [7, 11) is 0. The van der Waals surface area contributed by atoms with Crippen LogP contribution in [0, 0.1) is 6.92 Å². The zero-order chi connectivity index (χ0) is 25.6. The second-order valence-electron chi connectivity index (χ2n) is 9.07.